The van der Waals surface area contributed by atoms with Crippen LogP contribution in [0.25, 0.3) is 87.3 Å². The molecule has 2 heteroatoms. The predicted molar refractivity (Wildman–Crippen MR) is 229 cm³/mol. The number of nitrogens with zero attached hydrogens (tertiary/aromatic N) is 1. The van der Waals surface area contributed by atoms with Crippen LogP contribution in [0.5, 0.6) is 0 Å². The quantitative estimate of drug-likeness (QED) is 0.168. The third kappa shape index (κ3) is 4.96. The Bertz CT molecular complexity index is 3220. The molecule has 0 amide bonds. The summed E-state index contributed by atoms with van der Waals surface area (Å²) in [5.74, 6) is 0. The van der Waals surface area contributed by atoms with Gasteiger partial charge in [0.2, 0.25) is 0 Å². The summed E-state index contributed by atoms with van der Waals surface area (Å²) in [7, 11) is 0. The largest absolute Gasteiger partial charge is 0.456 e. The molecule has 0 atom stereocenters. The molecule has 11 rings (SSSR count). The molecule has 252 valence electrons. The molecule has 0 saturated carbocycles. The Labute approximate surface area is 312 Å². The summed E-state index contributed by atoms with van der Waals surface area (Å²) in [5.41, 5.74) is 9.81. The van der Waals surface area contributed by atoms with E-state index in [4.69, 9.17) is 4.42 Å². The van der Waals surface area contributed by atoms with Crippen LogP contribution in [0.2, 0.25) is 0 Å². The van der Waals surface area contributed by atoms with Gasteiger partial charge in [-0.15, -0.1) is 0 Å². The van der Waals surface area contributed by atoms with Crippen molar-refractivity contribution in [2.75, 3.05) is 4.90 Å². The smallest absolute Gasteiger partial charge is 0.136 e. The van der Waals surface area contributed by atoms with Gasteiger partial charge in [-0.05, 0) is 109 Å². The van der Waals surface area contributed by atoms with Crippen molar-refractivity contribution in [3.8, 4) is 22.3 Å². The summed E-state index contributed by atoms with van der Waals surface area (Å²) in [6.45, 7) is 0. The number of anilines is 3. The third-order valence-electron chi connectivity index (χ3n) is 11.0. The average Bonchev–Trinajstić information content (AvgIpc) is 3.59. The lowest BCUT2D eigenvalue weighted by atomic mass is 9.96. The van der Waals surface area contributed by atoms with E-state index in [1.807, 2.05) is 0 Å². The van der Waals surface area contributed by atoms with Crippen LogP contribution in [0.15, 0.2) is 205 Å². The van der Waals surface area contributed by atoms with E-state index in [0.717, 1.165) is 50.1 Å². The molecule has 0 unspecified atom stereocenters. The zero-order chi connectivity index (χ0) is 35.6. The van der Waals surface area contributed by atoms with Crippen LogP contribution in [-0.2, 0) is 0 Å². The van der Waals surface area contributed by atoms with Crippen molar-refractivity contribution >= 4 is 82.1 Å². The molecule has 0 aliphatic carbocycles. The molecular weight excluding hydrogens is 655 g/mol. The van der Waals surface area contributed by atoms with Gasteiger partial charge in [0.1, 0.15) is 11.2 Å². The number of hydrogen-bond acceptors (Lipinski definition) is 2. The van der Waals surface area contributed by atoms with Crippen LogP contribution in [0.1, 0.15) is 0 Å². The summed E-state index contributed by atoms with van der Waals surface area (Å²) in [6, 6.07) is 72.4. The van der Waals surface area contributed by atoms with E-state index in [0.29, 0.717) is 0 Å². The first-order chi connectivity index (χ1) is 26.7. The van der Waals surface area contributed by atoms with Crippen molar-refractivity contribution in [2.45, 2.75) is 0 Å². The standard InChI is InChI=1S/C52H33NO/c1-2-13-38-33-52-48(31-37(38)12-1)47-32-41(25-29-51(47)54-52)46-17-7-8-18-49(46)53(50-19-9-14-35-10-4-6-16-45(35)50)42-26-22-34(23-27-42)39-24-28-44-40(30-39)21-20-36-11-3-5-15-43(36)44/h1-33H. The number of hydrogen-bond donors (Lipinski definition) is 0. The first-order valence-corrected chi connectivity index (χ1v) is 18.5. The Balaban J connectivity index is 1.06. The molecule has 0 aliphatic heterocycles. The van der Waals surface area contributed by atoms with Gasteiger partial charge in [0.25, 0.3) is 0 Å². The van der Waals surface area contributed by atoms with E-state index in [1.54, 1.807) is 0 Å². The van der Waals surface area contributed by atoms with Crippen molar-refractivity contribution in [3.63, 3.8) is 0 Å². The number of fused-ring (bicyclic) bond motifs is 8. The molecule has 0 spiro atoms. The van der Waals surface area contributed by atoms with Crippen LogP contribution < -0.4 is 4.90 Å². The first kappa shape index (κ1) is 30.5. The molecule has 11 aromatic rings. The lowest BCUT2D eigenvalue weighted by molar-refractivity contribution is 0.669. The topological polar surface area (TPSA) is 16.4 Å². The van der Waals surface area contributed by atoms with Crippen molar-refractivity contribution in [1.29, 1.82) is 0 Å². The molecule has 0 saturated heterocycles. The van der Waals surface area contributed by atoms with Gasteiger partial charge in [-0.25, -0.2) is 0 Å². The minimum Gasteiger partial charge on any atom is -0.456 e. The Kier molecular flexibility index (Phi) is 6.90. The van der Waals surface area contributed by atoms with Gasteiger partial charge in [0.05, 0.1) is 11.4 Å². The molecule has 0 fully saturated rings. The van der Waals surface area contributed by atoms with Gasteiger partial charge < -0.3 is 9.32 Å². The monoisotopic (exact) mass is 687 g/mol. The molecule has 1 aromatic heterocycles. The molecule has 0 bridgehead atoms. The second-order valence-corrected chi connectivity index (χ2v) is 14.1. The van der Waals surface area contributed by atoms with Gasteiger partial charge in [0.15, 0.2) is 0 Å². The molecule has 54 heavy (non-hydrogen) atoms. The summed E-state index contributed by atoms with van der Waals surface area (Å²) in [4.78, 5) is 2.42. The lowest BCUT2D eigenvalue weighted by Gasteiger charge is -2.29. The Morgan fingerprint density at radius 1 is 0.296 bits per heavy atom. The molecule has 10 aromatic carbocycles. The van der Waals surface area contributed by atoms with Crippen molar-refractivity contribution in [1.82, 2.24) is 0 Å². The highest BCUT2D eigenvalue weighted by Crippen LogP contribution is 2.45. The van der Waals surface area contributed by atoms with E-state index in [-0.39, 0.29) is 0 Å². The Hall–Kier alpha value is -7.16. The van der Waals surface area contributed by atoms with Gasteiger partial charge in [-0.2, -0.15) is 0 Å². The zero-order valence-electron chi connectivity index (χ0n) is 29.4. The van der Waals surface area contributed by atoms with Gasteiger partial charge in [-0.1, -0.05) is 146 Å². The maximum atomic E-state index is 6.40. The van der Waals surface area contributed by atoms with Crippen LogP contribution in [0.4, 0.5) is 17.1 Å². The number of para-hydroxylation sites is 1. The Morgan fingerprint density at radius 3 is 1.74 bits per heavy atom. The maximum Gasteiger partial charge on any atom is 0.136 e. The summed E-state index contributed by atoms with van der Waals surface area (Å²) in [5, 5.41) is 12.1. The van der Waals surface area contributed by atoms with Crippen molar-refractivity contribution < 1.29 is 4.42 Å². The molecule has 0 radical (unpaired) electrons. The molecule has 0 N–H and O–H groups in total. The lowest BCUT2D eigenvalue weighted by Crippen LogP contribution is -2.11. The second kappa shape index (κ2) is 12.2. The maximum absolute atomic E-state index is 6.40. The second-order valence-electron chi connectivity index (χ2n) is 14.1. The Morgan fingerprint density at radius 2 is 0.889 bits per heavy atom. The zero-order valence-corrected chi connectivity index (χ0v) is 29.4. The fourth-order valence-corrected chi connectivity index (χ4v) is 8.35. The van der Waals surface area contributed by atoms with Gasteiger partial charge >= 0.3 is 0 Å². The van der Waals surface area contributed by atoms with E-state index in [2.05, 4.69) is 205 Å². The van der Waals surface area contributed by atoms with Crippen molar-refractivity contribution in [2.24, 2.45) is 0 Å². The number of benzene rings is 10. The van der Waals surface area contributed by atoms with Gasteiger partial charge in [-0.3, -0.25) is 0 Å². The van der Waals surface area contributed by atoms with E-state index < -0.39 is 0 Å². The van der Waals surface area contributed by atoms with Crippen molar-refractivity contribution in [3.05, 3.63) is 200 Å². The predicted octanol–water partition coefficient (Wildman–Crippen LogP) is 15.0. The fourth-order valence-electron chi connectivity index (χ4n) is 8.35. The first-order valence-electron chi connectivity index (χ1n) is 18.5. The number of rotatable bonds is 5. The molecular formula is C52H33NO. The third-order valence-corrected chi connectivity index (χ3v) is 11.0. The van der Waals surface area contributed by atoms with E-state index in [1.165, 1.54) is 54.2 Å². The minimum absolute atomic E-state index is 0.893. The minimum atomic E-state index is 0.893. The molecule has 2 nitrogen and oxygen atoms in total. The van der Waals surface area contributed by atoms with Crippen LogP contribution in [0, 0.1) is 0 Å². The highest BCUT2D eigenvalue weighted by Gasteiger charge is 2.20. The summed E-state index contributed by atoms with van der Waals surface area (Å²) < 4.78 is 6.40. The van der Waals surface area contributed by atoms with Crippen LogP contribution >= 0.6 is 0 Å². The van der Waals surface area contributed by atoms with E-state index in [9.17, 15) is 0 Å². The number of furan rings is 1. The fraction of sp³-hybridized carbons (Fsp3) is 0. The van der Waals surface area contributed by atoms with Crippen LogP contribution in [-0.4, -0.2) is 0 Å². The highest BCUT2D eigenvalue weighted by atomic mass is 16.3. The SMILES string of the molecule is c1ccc(N(c2ccc(-c3ccc4c(ccc5ccccc54)c3)cc2)c2cccc3ccccc23)c(-c2ccc3oc4cc5ccccc5cc4c3c2)c1. The normalized spacial score (nSPS) is 11.7. The summed E-state index contributed by atoms with van der Waals surface area (Å²) in [6.07, 6.45) is 0. The van der Waals surface area contributed by atoms with Crippen LogP contribution in [0.3, 0.4) is 0 Å². The summed E-state index contributed by atoms with van der Waals surface area (Å²) >= 11 is 0. The van der Waals surface area contributed by atoms with E-state index >= 15 is 0 Å². The highest BCUT2D eigenvalue weighted by molar-refractivity contribution is 6.12. The van der Waals surface area contributed by atoms with Gasteiger partial charge in [0, 0.05) is 27.4 Å². The molecule has 1 heterocycles. The molecule has 0 aliphatic rings. The average molecular weight is 688 g/mol.